The summed E-state index contributed by atoms with van der Waals surface area (Å²) >= 11 is 0. The summed E-state index contributed by atoms with van der Waals surface area (Å²) in [6, 6.07) is 4.41. The number of carboxylic acid groups (broad SMARTS) is 1. The maximum absolute atomic E-state index is 11.4. The summed E-state index contributed by atoms with van der Waals surface area (Å²) in [5.41, 5.74) is 1.49. The van der Waals surface area contributed by atoms with Crippen molar-refractivity contribution >= 4 is 23.4 Å². The van der Waals surface area contributed by atoms with Gasteiger partial charge < -0.3 is 14.7 Å². The van der Waals surface area contributed by atoms with Crippen LogP contribution >= 0.6 is 0 Å². The van der Waals surface area contributed by atoms with Crippen LogP contribution in [0.1, 0.15) is 19.4 Å². The number of ether oxygens (including phenoxy) is 1. The molecule has 0 aliphatic carbocycles. The molecular weight excluding hydrogens is 330 g/mol. The third-order valence-electron chi connectivity index (χ3n) is 4.21. The van der Waals surface area contributed by atoms with Gasteiger partial charge in [0.1, 0.15) is 6.61 Å². The van der Waals surface area contributed by atoms with Crippen LogP contribution in [0.25, 0.3) is 0 Å². The van der Waals surface area contributed by atoms with Gasteiger partial charge in [-0.2, -0.15) is 0 Å². The number of nitro benzene ring substituents is 1. The number of rotatable bonds is 5. The van der Waals surface area contributed by atoms with E-state index in [1.54, 1.807) is 12.1 Å². The van der Waals surface area contributed by atoms with Crippen LogP contribution in [-0.2, 0) is 16.0 Å². The highest BCUT2D eigenvalue weighted by atomic mass is 16.6. The number of hydrogen-bond acceptors (Lipinski definition) is 6. The van der Waals surface area contributed by atoms with Gasteiger partial charge in [0.15, 0.2) is 0 Å². The SMILES string of the molecule is CCc1cc(N2CCN(C(=O)O)C(COC(C)=O)C2)ccc1[N+](=O)[O-]. The number of hydrogen-bond donors (Lipinski definition) is 1. The molecule has 1 aromatic carbocycles. The van der Waals surface area contributed by atoms with Crippen LogP contribution < -0.4 is 4.90 Å². The van der Waals surface area contributed by atoms with E-state index in [1.807, 2.05) is 11.8 Å². The predicted molar refractivity (Wildman–Crippen MR) is 89.8 cm³/mol. The van der Waals surface area contributed by atoms with Crippen LogP contribution in [-0.4, -0.2) is 59.3 Å². The van der Waals surface area contributed by atoms with E-state index in [-0.39, 0.29) is 18.8 Å². The Morgan fingerprint density at radius 2 is 2.12 bits per heavy atom. The number of aryl methyl sites for hydroxylation is 1. The van der Waals surface area contributed by atoms with Crippen LogP contribution in [0.4, 0.5) is 16.2 Å². The Kier molecular flexibility index (Phi) is 5.79. The normalized spacial score (nSPS) is 17.3. The van der Waals surface area contributed by atoms with Crippen molar-refractivity contribution in [2.24, 2.45) is 0 Å². The largest absolute Gasteiger partial charge is 0.465 e. The lowest BCUT2D eigenvalue weighted by Crippen LogP contribution is -2.56. The first-order valence-electron chi connectivity index (χ1n) is 7.98. The molecule has 1 amide bonds. The molecule has 1 saturated heterocycles. The van der Waals surface area contributed by atoms with Gasteiger partial charge in [-0.1, -0.05) is 6.92 Å². The lowest BCUT2D eigenvalue weighted by atomic mass is 10.1. The Morgan fingerprint density at radius 3 is 2.68 bits per heavy atom. The van der Waals surface area contributed by atoms with Crippen LogP contribution in [0.2, 0.25) is 0 Å². The Labute approximate surface area is 144 Å². The van der Waals surface area contributed by atoms with E-state index in [4.69, 9.17) is 4.74 Å². The molecular formula is C16H21N3O6. The number of esters is 1. The average Bonchev–Trinajstić information content (AvgIpc) is 2.58. The summed E-state index contributed by atoms with van der Waals surface area (Å²) in [6.07, 6.45) is -0.536. The van der Waals surface area contributed by atoms with Gasteiger partial charge in [-0.3, -0.25) is 19.8 Å². The van der Waals surface area contributed by atoms with E-state index in [0.29, 0.717) is 25.1 Å². The smallest absolute Gasteiger partial charge is 0.407 e. The Bertz CT molecular complexity index is 678. The first kappa shape index (κ1) is 18.5. The second-order valence-corrected chi connectivity index (χ2v) is 5.80. The molecule has 1 fully saturated rings. The molecule has 0 aromatic heterocycles. The summed E-state index contributed by atoms with van der Waals surface area (Å²) in [5.74, 6) is -0.467. The van der Waals surface area contributed by atoms with Gasteiger partial charge in [0, 0.05) is 43.9 Å². The van der Waals surface area contributed by atoms with E-state index in [1.165, 1.54) is 17.9 Å². The molecule has 136 valence electrons. The summed E-state index contributed by atoms with van der Waals surface area (Å²) in [7, 11) is 0. The molecule has 2 rings (SSSR count). The monoisotopic (exact) mass is 351 g/mol. The molecule has 1 heterocycles. The third kappa shape index (κ3) is 4.37. The average molecular weight is 351 g/mol. The molecule has 0 bridgehead atoms. The van der Waals surface area contributed by atoms with Crippen molar-refractivity contribution in [3.63, 3.8) is 0 Å². The van der Waals surface area contributed by atoms with Crippen molar-refractivity contribution in [3.05, 3.63) is 33.9 Å². The van der Waals surface area contributed by atoms with E-state index in [9.17, 15) is 24.8 Å². The Balaban J connectivity index is 2.21. The predicted octanol–water partition coefficient (Wildman–Crippen LogP) is 1.89. The zero-order chi connectivity index (χ0) is 18.6. The fourth-order valence-corrected chi connectivity index (χ4v) is 2.93. The fraction of sp³-hybridized carbons (Fsp3) is 0.500. The molecule has 1 unspecified atom stereocenters. The number of piperazine rings is 1. The van der Waals surface area contributed by atoms with Gasteiger partial charge in [-0.05, 0) is 18.6 Å². The van der Waals surface area contributed by atoms with Crippen LogP contribution in [0.15, 0.2) is 18.2 Å². The van der Waals surface area contributed by atoms with E-state index >= 15 is 0 Å². The van der Waals surface area contributed by atoms with E-state index in [2.05, 4.69) is 0 Å². The van der Waals surface area contributed by atoms with Crippen molar-refractivity contribution in [2.75, 3.05) is 31.1 Å². The Morgan fingerprint density at radius 1 is 1.40 bits per heavy atom. The highest BCUT2D eigenvalue weighted by Crippen LogP contribution is 2.27. The molecule has 1 atom stereocenters. The van der Waals surface area contributed by atoms with E-state index in [0.717, 1.165) is 5.69 Å². The zero-order valence-electron chi connectivity index (χ0n) is 14.2. The van der Waals surface area contributed by atoms with Crippen molar-refractivity contribution < 1.29 is 24.4 Å². The van der Waals surface area contributed by atoms with Gasteiger partial charge >= 0.3 is 12.1 Å². The van der Waals surface area contributed by atoms with Crippen molar-refractivity contribution in [1.29, 1.82) is 0 Å². The molecule has 0 saturated carbocycles. The maximum Gasteiger partial charge on any atom is 0.407 e. The Hall–Kier alpha value is -2.84. The second-order valence-electron chi connectivity index (χ2n) is 5.80. The number of carbonyl (C=O) groups excluding carboxylic acids is 1. The molecule has 0 radical (unpaired) electrons. The lowest BCUT2D eigenvalue weighted by Gasteiger charge is -2.40. The lowest BCUT2D eigenvalue weighted by molar-refractivity contribution is -0.385. The number of nitro groups is 1. The minimum absolute atomic E-state index is 0.0221. The maximum atomic E-state index is 11.4. The number of anilines is 1. The van der Waals surface area contributed by atoms with Crippen molar-refractivity contribution in [1.82, 2.24) is 4.90 Å². The first-order chi connectivity index (χ1) is 11.8. The van der Waals surface area contributed by atoms with Gasteiger partial charge in [0.05, 0.1) is 11.0 Å². The molecule has 1 aliphatic rings. The number of amides is 1. The summed E-state index contributed by atoms with van der Waals surface area (Å²) in [4.78, 5) is 36.3. The number of nitrogens with zero attached hydrogens (tertiary/aromatic N) is 3. The zero-order valence-corrected chi connectivity index (χ0v) is 14.2. The molecule has 25 heavy (non-hydrogen) atoms. The van der Waals surface area contributed by atoms with Crippen molar-refractivity contribution in [2.45, 2.75) is 26.3 Å². The summed E-state index contributed by atoms with van der Waals surface area (Å²) < 4.78 is 4.98. The van der Waals surface area contributed by atoms with Crippen LogP contribution in [0.5, 0.6) is 0 Å². The minimum Gasteiger partial charge on any atom is -0.465 e. The molecule has 1 aliphatic heterocycles. The number of benzene rings is 1. The summed E-state index contributed by atoms with van der Waals surface area (Å²) in [6.45, 7) is 4.17. The minimum atomic E-state index is -1.06. The fourth-order valence-electron chi connectivity index (χ4n) is 2.93. The standard InChI is InChI=1S/C16H21N3O6/c1-3-12-8-13(4-5-15(12)19(23)24)17-6-7-18(16(21)22)14(9-17)10-25-11(2)20/h4-5,8,14H,3,6-7,9-10H2,1-2H3,(H,21,22). The van der Waals surface area contributed by atoms with Gasteiger partial charge in [0.25, 0.3) is 5.69 Å². The molecule has 0 spiro atoms. The quantitative estimate of drug-likeness (QED) is 0.489. The first-order valence-corrected chi connectivity index (χ1v) is 7.98. The van der Waals surface area contributed by atoms with Gasteiger partial charge in [-0.25, -0.2) is 4.79 Å². The molecule has 1 N–H and O–H groups in total. The van der Waals surface area contributed by atoms with Crippen LogP contribution in [0, 0.1) is 10.1 Å². The van der Waals surface area contributed by atoms with Gasteiger partial charge in [0.2, 0.25) is 0 Å². The molecule has 9 nitrogen and oxygen atoms in total. The molecule has 1 aromatic rings. The van der Waals surface area contributed by atoms with Crippen molar-refractivity contribution in [3.8, 4) is 0 Å². The number of carbonyl (C=O) groups is 2. The molecule has 9 heteroatoms. The highest BCUT2D eigenvalue weighted by molar-refractivity contribution is 5.67. The third-order valence-corrected chi connectivity index (χ3v) is 4.21. The highest BCUT2D eigenvalue weighted by Gasteiger charge is 2.31. The summed E-state index contributed by atoms with van der Waals surface area (Å²) in [5, 5.41) is 20.4. The second kappa shape index (κ2) is 7.82. The topological polar surface area (TPSA) is 113 Å². The van der Waals surface area contributed by atoms with E-state index < -0.39 is 23.0 Å². The van der Waals surface area contributed by atoms with Gasteiger partial charge in [-0.15, -0.1) is 0 Å². The van der Waals surface area contributed by atoms with Crippen LogP contribution in [0.3, 0.4) is 0 Å².